The molecule has 0 aliphatic heterocycles. The van der Waals surface area contributed by atoms with E-state index in [0.717, 1.165) is 0 Å². The minimum Gasteiger partial charge on any atom is -0.504 e. The maximum absolute atomic E-state index is 9.57. The molecule has 4 nitrogen and oxygen atoms in total. The molecular formula is C9H12N2O2. The van der Waals surface area contributed by atoms with Crippen molar-refractivity contribution < 1.29 is 9.84 Å². The number of ether oxygens (including phenoxy) is 1. The van der Waals surface area contributed by atoms with Crippen LogP contribution in [0.3, 0.4) is 0 Å². The van der Waals surface area contributed by atoms with E-state index in [9.17, 15) is 5.11 Å². The fourth-order valence-corrected chi connectivity index (χ4v) is 0.942. The number of rotatable bonds is 3. The van der Waals surface area contributed by atoms with Crippen LogP contribution in [0.15, 0.2) is 23.3 Å². The van der Waals surface area contributed by atoms with Gasteiger partial charge in [0.05, 0.1) is 13.3 Å². The molecule has 0 saturated heterocycles. The van der Waals surface area contributed by atoms with Crippen LogP contribution in [0.25, 0.3) is 0 Å². The first-order valence-electron chi connectivity index (χ1n) is 3.85. The van der Waals surface area contributed by atoms with Crippen LogP contribution in [0.2, 0.25) is 0 Å². The fraction of sp³-hybridized carbons (Fsp3) is 0.222. The highest BCUT2D eigenvalue weighted by Gasteiger charge is 2.03. The van der Waals surface area contributed by atoms with Crippen LogP contribution in [-0.2, 0) is 0 Å². The maximum atomic E-state index is 9.57. The summed E-state index contributed by atoms with van der Waals surface area (Å²) in [5, 5.41) is 13.4. The zero-order valence-electron chi connectivity index (χ0n) is 7.61. The van der Waals surface area contributed by atoms with Crippen molar-refractivity contribution in [3.63, 3.8) is 0 Å². The molecular weight excluding hydrogens is 168 g/mol. The van der Waals surface area contributed by atoms with Crippen molar-refractivity contribution in [2.45, 2.75) is 0 Å². The second-order valence-corrected chi connectivity index (χ2v) is 2.38. The molecule has 4 heteroatoms. The van der Waals surface area contributed by atoms with Crippen molar-refractivity contribution in [2.75, 3.05) is 14.2 Å². The second-order valence-electron chi connectivity index (χ2n) is 2.38. The molecule has 13 heavy (non-hydrogen) atoms. The molecule has 0 fully saturated rings. The summed E-state index contributed by atoms with van der Waals surface area (Å²) in [5.74, 6) is 0.545. The Morgan fingerprint density at radius 3 is 2.92 bits per heavy atom. The van der Waals surface area contributed by atoms with Crippen LogP contribution in [0, 0.1) is 0 Å². The molecule has 70 valence electrons. The van der Waals surface area contributed by atoms with Gasteiger partial charge in [-0.15, -0.1) is 0 Å². The standard InChI is InChI=1S/C9H12N2O2/c1-10-11-6-7-4-3-5-8(13-2)9(7)12/h3-6,10,12H,1-2H3/b11-6+. The second kappa shape index (κ2) is 4.35. The summed E-state index contributed by atoms with van der Waals surface area (Å²) in [7, 11) is 3.20. The van der Waals surface area contributed by atoms with E-state index in [2.05, 4.69) is 10.5 Å². The molecule has 0 saturated carbocycles. The lowest BCUT2D eigenvalue weighted by atomic mass is 10.2. The van der Waals surface area contributed by atoms with Crippen molar-refractivity contribution in [3.8, 4) is 11.5 Å². The minimum absolute atomic E-state index is 0.101. The molecule has 0 amide bonds. The van der Waals surface area contributed by atoms with Crippen molar-refractivity contribution in [1.29, 1.82) is 0 Å². The normalized spacial score (nSPS) is 10.3. The molecule has 0 bridgehead atoms. The smallest absolute Gasteiger partial charge is 0.166 e. The number of aromatic hydroxyl groups is 1. The van der Waals surface area contributed by atoms with Crippen molar-refractivity contribution in [2.24, 2.45) is 5.10 Å². The van der Waals surface area contributed by atoms with E-state index in [0.29, 0.717) is 11.3 Å². The lowest BCUT2D eigenvalue weighted by Gasteiger charge is -2.04. The lowest BCUT2D eigenvalue weighted by molar-refractivity contribution is 0.373. The number of phenolic OH excluding ortho intramolecular Hbond substituents is 1. The molecule has 0 spiro atoms. The predicted octanol–water partition coefficient (Wildman–Crippen LogP) is 0.954. The molecule has 0 radical (unpaired) electrons. The quantitative estimate of drug-likeness (QED) is 0.538. The Morgan fingerprint density at radius 2 is 2.31 bits per heavy atom. The largest absolute Gasteiger partial charge is 0.504 e. The van der Waals surface area contributed by atoms with Crippen molar-refractivity contribution in [3.05, 3.63) is 23.8 Å². The number of hydrogen-bond acceptors (Lipinski definition) is 4. The van der Waals surface area contributed by atoms with Gasteiger partial charge in [-0.05, 0) is 12.1 Å². The summed E-state index contributed by atoms with van der Waals surface area (Å²) in [6.07, 6.45) is 1.53. The zero-order chi connectivity index (χ0) is 9.68. The number of phenols is 1. The van der Waals surface area contributed by atoms with Gasteiger partial charge in [-0.25, -0.2) is 0 Å². The summed E-state index contributed by atoms with van der Waals surface area (Å²) in [4.78, 5) is 0. The third kappa shape index (κ3) is 2.11. The lowest BCUT2D eigenvalue weighted by Crippen LogP contribution is -1.95. The van der Waals surface area contributed by atoms with Crippen LogP contribution < -0.4 is 10.2 Å². The highest BCUT2D eigenvalue weighted by molar-refractivity contribution is 5.84. The van der Waals surface area contributed by atoms with E-state index in [1.54, 1.807) is 25.2 Å². The van der Waals surface area contributed by atoms with E-state index in [-0.39, 0.29) is 5.75 Å². The molecule has 2 N–H and O–H groups in total. The molecule has 1 aromatic carbocycles. The van der Waals surface area contributed by atoms with Crippen molar-refractivity contribution in [1.82, 2.24) is 5.43 Å². The van der Waals surface area contributed by atoms with Crippen LogP contribution >= 0.6 is 0 Å². The van der Waals surface area contributed by atoms with Gasteiger partial charge in [0.1, 0.15) is 0 Å². The first-order valence-corrected chi connectivity index (χ1v) is 3.85. The number of nitrogens with zero attached hydrogens (tertiary/aromatic N) is 1. The third-order valence-electron chi connectivity index (χ3n) is 1.58. The van der Waals surface area contributed by atoms with Gasteiger partial charge < -0.3 is 15.3 Å². The first kappa shape index (κ1) is 9.38. The van der Waals surface area contributed by atoms with Gasteiger partial charge in [0.2, 0.25) is 0 Å². The number of para-hydroxylation sites is 1. The van der Waals surface area contributed by atoms with Gasteiger partial charge in [0.25, 0.3) is 0 Å². The first-order chi connectivity index (χ1) is 6.29. The topological polar surface area (TPSA) is 53.9 Å². The fourth-order valence-electron chi connectivity index (χ4n) is 0.942. The van der Waals surface area contributed by atoms with Gasteiger partial charge >= 0.3 is 0 Å². The van der Waals surface area contributed by atoms with E-state index in [1.807, 2.05) is 0 Å². The number of hydrogen-bond donors (Lipinski definition) is 2. The molecule has 0 unspecified atom stereocenters. The molecule has 0 heterocycles. The highest BCUT2D eigenvalue weighted by atomic mass is 16.5. The monoisotopic (exact) mass is 180 g/mol. The van der Waals surface area contributed by atoms with E-state index >= 15 is 0 Å². The number of nitrogens with one attached hydrogen (secondary N) is 1. The molecule has 1 rings (SSSR count). The minimum atomic E-state index is 0.101. The molecule has 0 atom stereocenters. The van der Waals surface area contributed by atoms with Crippen LogP contribution in [0.1, 0.15) is 5.56 Å². The number of benzene rings is 1. The molecule has 0 aliphatic carbocycles. The predicted molar refractivity (Wildman–Crippen MR) is 51.3 cm³/mol. The van der Waals surface area contributed by atoms with E-state index in [1.165, 1.54) is 13.3 Å². The van der Waals surface area contributed by atoms with Gasteiger partial charge in [0, 0.05) is 12.6 Å². The zero-order valence-corrected chi connectivity index (χ0v) is 7.61. The number of hydrazone groups is 1. The molecule has 0 aliphatic rings. The van der Waals surface area contributed by atoms with E-state index < -0.39 is 0 Å². The van der Waals surface area contributed by atoms with Gasteiger partial charge in [-0.1, -0.05) is 6.07 Å². The van der Waals surface area contributed by atoms with E-state index in [4.69, 9.17) is 4.74 Å². The SMILES string of the molecule is CN/N=C/c1cccc(OC)c1O. The van der Waals surface area contributed by atoms with Gasteiger partial charge in [-0.3, -0.25) is 0 Å². The highest BCUT2D eigenvalue weighted by Crippen LogP contribution is 2.27. The maximum Gasteiger partial charge on any atom is 0.166 e. The average Bonchev–Trinajstić information content (AvgIpc) is 2.16. The molecule has 0 aromatic heterocycles. The summed E-state index contributed by atoms with van der Waals surface area (Å²) >= 11 is 0. The van der Waals surface area contributed by atoms with Gasteiger partial charge in [-0.2, -0.15) is 5.10 Å². The van der Waals surface area contributed by atoms with Gasteiger partial charge in [0.15, 0.2) is 11.5 Å². The summed E-state index contributed by atoms with van der Waals surface area (Å²) < 4.78 is 4.93. The average molecular weight is 180 g/mol. The third-order valence-corrected chi connectivity index (χ3v) is 1.58. The summed E-state index contributed by atoms with van der Waals surface area (Å²) in [6, 6.07) is 5.22. The summed E-state index contributed by atoms with van der Waals surface area (Å²) in [6.45, 7) is 0. The van der Waals surface area contributed by atoms with Crippen LogP contribution in [0.5, 0.6) is 11.5 Å². The van der Waals surface area contributed by atoms with Crippen molar-refractivity contribution >= 4 is 6.21 Å². The summed E-state index contributed by atoms with van der Waals surface area (Å²) in [5.41, 5.74) is 3.22. The van der Waals surface area contributed by atoms with Crippen LogP contribution in [-0.4, -0.2) is 25.5 Å². The molecule has 1 aromatic rings. The Balaban J connectivity index is 3.01. The Labute approximate surface area is 76.8 Å². The number of methoxy groups -OCH3 is 1. The Hall–Kier alpha value is -1.71. The Bertz CT molecular complexity index is 310. The van der Waals surface area contributed by atoms with Crippen LogP contribution in [0.4, 0.5) is 0 Å². The Morgan fingerprint density at radius 1 is 1.54 bits per heavy atom. The Kier molecular flexibility index (Phi) is 3.14.